The van der Waals surface area contributed by atoms with Gasteiger partial charge in [0.05, 0.1) is 18.5 Å². The van der Waals surface area contributed by atoms with Gasteiger partial charge in [-0.1, -0.05) is 47.9 Å². The van der Waals surface area contributed by atoms with Crippen molar-refractivity contribution in [2.24, 2.45) is 5.73 Å². The van der Waals surface area contributed by atoms with Crippen molar-refractivity contribution < 1.29 is 24.6 Å². The lowest BCUT2D eigenvalue weighted by Gasteiger charge is -2.37. The number of hydrogen-bond donors (Lipinski definition) is 4. The summed E-state index contributed by atoms with van der Waals surface area (Å²) in [7, 11) is 0. The van der Waals surface area contributed by atoms with E-state index in [0.29, 0.717) is 29.8 Å². The number of aryl methyl sites for hydroxylation is 1. The Hall–Kier alpha value is -3.21. The summed E-state index contributed by atoms with van der Waals surface area (Å²) in [5.41, 5.74) is 9.10. The Balaban J connectivity index is 1.65. The topological polar surface area (TPSA) is 144 Å². The fraction of sp³-hybridized carbons (Fsp3) is 0.211. The summed E-state index contributed by atoms with van der Waals surface area (Å²) in [6.07, 6.45) is 2.08. The fourth-order valence-corrected chi connectivity index (χ4v) is 3.45. The van der Waals surface area contributed by atoms with Crippen molar-refractivity contribution in [2.75, 3.05) is 0 Å². The molecule has 0 saturated heterocycles. The van der Waals surface area contributed by atoms with Crippen LogP contribution in [0.3, 0.4) is 0 Å². The molecule has 2 aromatic carbocycles. The average Bonchev–Trinajstić information content (AvgIpc) is 3.15. The maximum Gasteiger partial charge on any atom is 0.430 e. The second-order valence-corrected chi connectivity index (χ2v) is 7.11. The van der Waals surface area contributed by atoms with Crippen LogP contribution < -0.4 is 10.4 Å². The summed E-state index contributed by atoms with van der Waals surface area (Å²) in [6, 6.07) is 11.1. The van der Waals surface area contributed by atoms with Crippen LogP contribution in [0.1, 0.15) is 27.0 Å². The molecule has 3 aromatic rings. The number of carbonyl (C=O) groups is 1. The van der Waals surface area contributed by atoms with E-state index >= 15 is 0 Å². The Morgan fingerprint density at radius 2 is 1.97 bits per heavy atom. The first-order chi connectivity index (χ1) is 13.9. The Morgan fingerprint density at radius 3 is 2.66 bits per heavy atom. The van der Waals surface area contributed by atoms with Gasteiger partial charge in [-0.3, -0.25) is 0 Å². The van der Waals surface area contributed by atoms with Gasteiger partial charge in [0, 0.05) is 12.1 Å². The first-order valence-corrected chi connectivity index (χ1v) is 9.23. The molecule has 5 N–H and O–H groups in total. The molecule has 150 valence electrons. The molecule has 29 heavy (non-hydrogen) atoms. The number of nitrogens with two attached hydrogens (primary N) is 1. The summed E-state index contributed by atoms with van der Waals surface area (Å²) in [5, 5.41) is 37.6. The van der Waals surface area contributed by atoms with Crippen LogP contribution in [0.5, 0.6) is 5.75 Å². The summed E-state index contributed by atoms with van der Waals surface area (Å²) in [4.78, 5) is 11.9. The lowest BCUT2D eigenvalue weighted by atomic mass is 9.70. The number of fused-ring (bicyclic) bond motifs is 1. The Morgan fingerprint density at radius 1 is 1.21 bits per heavy atom. The van der Waals surface area contributed by atoms with Crippen molar-refractivity contribution in [3.63, 3.8) is 0 Å². The molecule has 2 heterocycles. The zero-order valence-electron chi connectivity index (χ0n) is 15.5. The summed E-state index contributed by atoms with van der Waals surface area (Å²) in [6.45, 7) is -2.46. The first-order valence-electron chi connectivity index (χ1n) is 9.23. The molecule has 0 unspecified atom stereocenters. The lowest BCUT2D eigenvalue weighted by Crippen LogP contribution is -2.45. The van der Waals surface area contributed by atoms with Crippen molar-refractivity contribution in [2.45, 2.75) is 25.8 Å². The van der Waals surface area contributed by atoms with Crippen LogP contribution >= 0.6 is 0 Å². The predicted molar refractivity (Wildman–Crippen MR) is 105 cm³/mol. The van der Waals surface area contributed by atoms with Crippen LogP contribution in [0.4, 0.5) is 0 Å². The van der Waals surface area contributed by atoms with E-state index < -0.39 is 12.7 Å². The Kier molecular flexibility index (Phi) is 4.83. The van der Waals surface area contributed by atoms with Crippen LogP contribution in [0.25, 0.3) is 11.3 Å². The van der Waals surface area contributed by atoms with Crippen LogP contribution in [-0.2, 0) is 19.5 Å². The van der Waals surface area contributed by atoms with E-state index in [9.17, 15) is 19.9 Å². The first kappa shape index (κ1) is 19.1. The molecule has 0 atom stereocenters. The molecule has 10 heteroatoms. The van der Waals surface area contributed by atoms with Gasteiger partial charge in [-0.2, -0.15) is 0 Å². The Labute approximate surface area is 166 Å². The number of aromatic nitrogens is 3. The Bertz CT molecular complexity index is 1060. The van der Waals surface area contributed by atoms with Gasteiger partial charge < -0.3 is 25.5 Å². The highest BCUT2D eigenvalue weighted by Gasteiger charge is 2.32. The smallest absolute Gasteiger partial charge is 0.430 e. The molecule has 0 bridgehead atoms. The molecule has 0 aliphatic carbocycles. The average molecular weight is 395 g/mol. The molecule has 1 aliphatic rings. The largest absolute Gasteiger partial charge is 0.669 e. The zero-order chi connectivity index (χ0) is 20.6. The van der Waals surface area contributed by atoms with Gasteiger partial charge >= 0.3 is 12.7 Å². The molecular weight excluding hydrogens is 375 g/mol. The summed E-state index contributed by atoms with van der Waals surface area (Å²) >= 11 is 0. The summed E-state index contributed by atoms with van der Waals surface area (Å²) in [5.74, 6) is -1.20. The highest BCUT2D eigenvalue weighted by molar-refractivity contribution is 6.59. The number of rotatable bonds is 5. The molecule has 0 amide bonds. The predicted octanol–water partition coefficient (Wildman–Crippen LogP) is 1.01. The van der Waals surface area contributed by atoms with Gasteiger partial charge in [0.2, 0.25) is 0 Å². The highest BCUT2D eigenvalue weighted by atomic mass is 16.6. The molecular formula is C19H20BN4O5-. The van der Waals surface area contributed by atoms with Crippen molar-refractivity contribution in [1.29, 1.82) is 0 Å². The van der Waals surface area contributed by atoms with E-state index in [4.69, 9.17) is 10.4 Å². The third-order valence-corrected chi connectivity index (χ3v) is 4.99. The number of benzene rings is 2. The van der Waals surface area contributed by atoms with Crippen LogP contribution in [0.15, 0.2) is 42.6 Å². The summed E-state index contributed by atoms with van der Waals surface area (Å²) < 4.78 is 6.75. The third kappa shape index (κ3) is 3.86. The number of carboxylic acids is 1. The molecule has 0 saturated carbocycles. The van der Waals surface area contributed by atoms with Gasteiger partial charge in [-0.25, -0.2) is 9.48 Å². The maximum atomic E-state index is 11.9. The molecule has 0 fully saturated rings. The molecule has 0 radical (unpaired) electrons. The zero-order valence-corrected chi connectivity index (χ0v) is 15.5. The number of hydrogen-bond acceptors (Lipinski definition) is 7. The second-order valence-electron chi connectivity index (χ2n) is 7.11. The van der Waals surface area contributed by atoms with E-state index in [0.717, 1.165) is 11.1 Å². The molecule has 4 rings (SSSR count). The van der Waals surface area contributed by atoms with Gasteiger partial charge in [0.1, 0.15) is 11.3 Å². The van der Waals surface area contributed by atoms with Crippen LogP contribution in [0.2, 0.25) is 6.32 Å². The van der Waals surface area contributed by atoms with E-state index in [2.05, 4.69) is 10.3 Å². The molecule has 1 aliphatic heterocycles. The number of nitrogens with zero attached hydrogens (tertiary/aromatic N) is 3. The van der Waals surface area contributed by atoms with E-state index in [1.165, 1.54) is 4.68 Å². The minimum Gasteiger partial charge on any atom is -0.669 e. The molecule has 1 aromatic heterocycles. The van der Waals surface area contributed by atoms with Gasteiger partial charge in [0.25, 0.3) is 0 Å². The van der Waals surface area contributed by atoms with Crippen molar-refractivity contribution >= 4 is 12.7 Å². The standard InChI is InChI=1S/C19H20BN4O5/c21-9-12-1-3-13(4-2-12)16-11-24(23-22-16)10-15-6-5-14-7-8-20(27,28)29-18(14)17(15)19(25)26/h1-6,11,27-28H,7-10,21H2,(H,25,26)/q-1. The van der Waals surface area contributed by atoms with E-state index in [1.807, 2.05) is 24.3 Å². The minimum absolute atomic E-state index is 0.00367. The van der Waals surface area contributed by atoms with Crippen LogP contribution in [0, 0.1) is 0 Å². The van der Waals surface area contributed by atoms with Gasteiger partial charge in [-0.15, -0.1) is 5.10 Å². The quantitative estimate of drug-likeness (QED) is 0.469. The fourth-order valence-electron chi connectivity index (χ4n) is 3.45. The number of aromatic carboxylic acids is 1. The SMILES string of the molecule is NCc1ccc(-c2cn(Cc3ccc4c(c3C(=O)O)O[B-](O)(O)CC4)nn2)cc1. The van der Waals surface area contributed by atoms with Crippen LogP contribution in [-0.4, -0.2) is 42.9 Å². The van der Waals surface area contributed by atoms with Crippen molar-refractivity contribution in [3.8, 4) is 17.0 Å². The van der Waals surface area contributed by atoms with Gasteiger partial charge in [-0.05, 0) is 23.1 Å². The third-order valence-electron chi connectivity index (χ3n) is 4.99. The van der Waals surface area contributed by atoms with Crippen molar-refractivity contribution in [1.82, 2.24) is 15.0 Å². The van der Waals surface area contributed by atoms with E-state index in [-0.39, 0.29) is 24.2 Å². The minimum atomic E-state index is -3.06. The lowest BCUT2D eigenvalue weighted by molar-refractivity contribution is 0.0692. The molecule has 0 spiro atoms. The van der Waals surface area contributed by atoms with Gasteiger partial charge in [0.15, 0.2) is 0 Å². The van der Waals surface area contributed by atoms with Crippen molar-refractivity contribution in [3.05, 3.63) is 64.8 Å². The molecule has 9 nitrogen and oxygen atoms in total. The normalized spacial score (nSPS) is 14.9. The maximum absolute atomic E-state index is 11.9. The highest BCUT2D eigenvalue weighted by Crippen LogP contribution is 2.35. The monoisotopic (exact) mass is 395 g/mol. The van der Waals surface area contributed by atoms with E-state index in [1.54, 1.807) is 18.3 Å². The number of carboxylic acid groups (broad SMARTS) is 1. The second kappa shape index (κ2) is 7.32.